The highest BCUT2D eigenvalue weighted by atomic mass is 16.5. The van der Waals surface area contributed by atoms with Crippen LogP contribution in [0.4, 0.5) is 0 Å². The monoisotopic (exact) mass is 302 g/mol. The molecule has 6 nitrogen and oxygen atoms in total. The van der Waals surface area contributed by atoms with Gasteiger partial charge in [0.1, 0.15) is 11.3 Å². The summed E-state index contributed by atoms with van der Waals surface area (Å²) in [5.41, 5.74) is 1.12. The standard InChI is InChI=1S/C16H18N2O4/c1-4-21-11(2)14-15(22-12(3)19)17-18(16(14)20)10-13-8-6-5-7-9-13/h5-9H,4,10H2,1-3H3. The van der Waals surface area contributed by atoms with E-state index in [4.69, 9.17) is 9.47 Å². The molecule has 6 heteroatoms. The number of carbonyl (C=O) groups excluding carboxylic acids is 2. The molecule has 0 radical (unpaired) electrons. The summed E-state index contributed by atoms with van der Waals surface area (Å²) in [6, 6.07) is 9.45. The highest BCUT2D eigenvalue weighted by Crippen LogP contribution is 2.22. The Morgan fingerprint density at radius 1 is 1.23 bits per heavy atom. The van der Waals surface area contributed by atoms with Crippen molar-refractivity contribution in [2.45, 2.75) is 27.3 Å². The second-order valence-corrected chi connectivity index (χ2v) is 4.71. The number of rotatable bonds is 4. The normalized spacial score (nSPS) is 16.4. The Labute approximate surface area is 129 Å². The molecule has 1 aromatic carbocycles. The molecule has 2 rings (SSSR count). The van der Waals surface area contributed by atoms with Gasteiger partial charge >= 0.3 is 5.97 Å². The minimum atomic E-state index is -0.532. The summed E-state index contributed by atoms with van der Waals surface area (Å²) in [6.45, 7) is 5.44. The van der Waals surface area contributed by atoms with Crippen LogP contribution in [0.1, 0.15) is 26.3 Å². The van der Waals surface area contributed by atoms with Gasteiger partial charge in [-0.2, -0.15) is 0 Å². The van der Waals surface area contributed by atoms with E-state index in [-0.39, 0.29) is 17.4 Å². The molecule has 0 fully saturated rings. The summed E-state index contributed by atoms with van der Waals surface area (Å²) >= 11 is 0. The van der Waals surface area contributed by atoms with E-state index in [1.165, 1.54) is 11.9 Å². The van der Waals surface area contributed by atoms with Gasteiger partial charge in [-0.1, -0.05) is 30.3 Å². The maximum atomic E-state index is 12.5. The van der Waals surface area contributed by atoms with Gasteiger partial charge in [0, 0.05) is 6.92 Å². The van der Waals surface area contributed by atoms with Gasteiger partial charge < -0.3 is 9.47 Å². The molecule has 1 aliphatic heterocycles. The van der Waals surface area contributed by atoms with Crippen LogP contribution in [0.15, 0.2) is 46.8 Å². The lowest BCUT2D eigenvalue weighted by Gasteiger charge is -2.11. The predicted molar refractivity (Wildman–Crippen MR) is 80.5 cm³/mol. The minimum absolute atomic E-state index is 0.0145. The molecule has 0 aromatic heterocycles. The van der Waals surface area contributed by atoms with Crippen molar-refractivity contribution < 1.29 is 19.1 Å². The second kappa shape index (κ2) is 6.89. The van der Waals surface area contributed by atoms with Gasteiger partial charge in [-0.15, -0.1) is 5.10 Å². The Morgan fingerprint density at radius 2 is 1.91 bits per heavy atom. The van der Waals surface area contributed by atoms with Crippen molar-refractivity contribution in [2.75, 3.05) is 6.61 Å². The maximum Gasteiger partial charge on any atom is 0.309 e. The van der Waals surface area contributed by atoms with Crippen molar-refractivity contribution >= 4 is 17.8 Å². The number of amides is 1. The third-order valence-corrected chi connectivity index (χ3v) is 3.00. The lowest BCUT2D eigenvalue weighted by Crippen LogP contribution is -2.23. The Balaban J connectivity index is 2.29. The first-order chi connectivity index (χ1) is 10.5. The fourth-order valence-corrected chi connectivity index (χ4v) is 2.09. The van der Waals surface area contributed by atoms with Crippen LogP contribution in [0.3, 0.4) is 0 Å². The van der Waals surface area contributed by atoms with Crippen LogP contribution in [-0.4, -0.2) is 29.4 Å². The van der Waals surface area contributed by atoms with Crippen molar-refractivity contribution in [3.63, 3.8) is 0 Å². The zero-order valence-electron chi connectivity index (χ0n) is 12.8. The molecule has 1 heterocycles. The fourth-order valence-electron chi connectivity index (χ4n) is 2.09. The van der Waals surface area contributed by atoms with Gasteiger partial charge in [0.25, 0.3) is 11.8 Å². The Bertz CT molecular complexity index is 635. The first kappa shape index (κ1) is 15.8. The number of carbonyl (C=O) groups is 2. The van der Waals surface area contributed by atoms with Crippen LogP contribution in [-0.2, 0) is 25.6 Å². The smallest absolute Gasteiger partial charge is 0.309 e. The van der Waals surface area contributed by atoms with Gasteiger partial charge in [0.2, 0.25) is 0 Å². The van der Waals surface area contributed by atoms with E-state index >= 15 is 0 Å². The molecule has 0 saturated carbocycles. The summed E-state index contributed by atoms with van der Waals surface area (Å²) in [6.07, 6.45) is 0. The van der Waals surface area contributed by atoms with Crippen LogP contribution in [0.5, 0.6) is 0 Å². The highest BCUT2D eigenvalue weighted by molar-refractivity contribution is 6.23. The van der Waals surface area contributed by atoms with E-state index in [1.807, 2.05) is 37.3 Å². The molecule has 0 aliphatic carbocycles. The molecule has 1 aromatic rings. The number of allylic oxidation sites excluding steroid dienone is 1. The number of esters is 1. The number of hydrogen-bond acceptors (Lipinski definition) is 5. The molecule has 1 amide bonds. The lowest BCUT2D eigenvalue weighted by atomic mass is 10.2. The molecule has 0 saturated heterocycles. The van der Waals surface area contributed by atoms with Gasteiger partial charge in [0.15, 0.2) is 0 Å². The largest absolute Gasteiger partial charge is 0.497 e. The van der Waals surface area contributed by atoms with Crippen molar-refractivity contribution in [3.05, 3.63) is 47.2 Å². The molecular weight excluding hydrogens is 284 g/mol. The van der Waals surface area contributed by atoms with Crippen LogP contribution in [0.2, 0.25) is 0 Å². The summed E-state index contributed by atoms with van der Waals surface area (Å²) < 4.78 is 10.4. The van der Waals surface area contributed by atoms with Gasteiger partial charge in [0.05, 0.1) is 13.2 Å². The molecule has 116 valence electrons. The van der Waals surface area contributed by atoms with E-state index in [0.717, 1.165) is 5.56 Å². The summed E-state index contributed by atoms with van der Waals surface area (Å²) in [5.74, 6) is -0.497. The Kier molecular flexibility index (Phi) is 4.93. The number of hydrazone groups is 1. The fraction of sp³-hybridized carbons (Fsp3) is 0.312. The third-order valence-electron chi connectivity index (χ3n) is 3.00. The van der Waals surface area contributed by atoms with Crippen LogP contribution in [0.25, 0.3) is 0 Å². The molecule has 1 aliphatic rings. The molecular formula is C16H18N2O4. The second-order valence-electron chi connectivity index (χ2n) is 4.71. The Hall–Kier alpha value is -2.63. The molecule has 0 N–H and O–H groups in total. The van der Waals surface area contributed by atoms with Gasteiger partial charge in [-0.3, -0.25) is 9.59 Å². The van der Waals surface area contributed by atoms with Crippen LogP contribution >= 0.6 is 0 Å². The lowest BCUT2D eigenvalue weighted by molar-refractivity contribution is -0.133. The highest BCUT2D eigenvalue weighted by Gasteiger charge is 2.35. The summed E-state index contributed by atoms with van der Waals surface area (Å²) in [7, 11) is 0. The average Bonchev–Trinajstić information content (AvgIpc) is 2.75. The Morgan fingerprint density at radius 3 is 2.50 bits per heavy atom. The van der Waals surface area contributed by atoms with E-state index in [0.29, 0.717) is 18.9 Å². The van der Waals surface area contributed by atoms with Crippen LogP contribution < -0.4 is 0 Å². The van der Waals surface area contributed by atoms with E-state index < -0.39 is 5.97 Å². The van der Waals surface area contributed by atoms with Crippen molar-refractivity contribution in [3.8, 4) is 0 Å². The van der Waals surface area contributed by atoms with Crippen molar-refractivity contribution in [1.29, 1.82) is 0 Å². The zero-order chi connectivity index (χ0) is 16.1. The molecule has 0 unspecified atom stereocenters. The zero-order valence-corrected chi connectivity index (χ0v) is 12.8. The van der Waals surface area contributed by atoms with Crippen molar-refractivity contribution in [1.82, 2.24) is 5.01 Å². The average molecular weight is 302 g/mol. The third kappa shape index (κ3) is 3.52. The quantitative estimate of drug-likeness (QED) is 0.486. The topological polar surface area (TPSA) is 68.2 Å². The number of nitrogens with zero attached hydrogens (tertiary/aromatic N) is 2. The van der Waals surface area contributed by atoms with Gasteiger partial charge in [-0.05, 0) is 19.4 Å². The number of ether oxygens (including phenoxy) is 2. The summed E-state index contributed by atoms with van der Waals surface area (Å²) in [4.78, 5) is 23.7. The maximum absolute atomic E-state index is 12.5. The van der Waals surface area contributed by atoms with Crippen LogP contribution in [0, 0.1) is 0 Å². The first-order valence-electron chi connectivity index (χ1n) is 6.99. The molecule has 0 spiro atoms. The number of hydrogen-bond donors (Lipinski definition) is 0. The summed E-state index contributed by atoms with van der Waals surface area (Å²) in [5, 5.41) is 5.38. The molecule has 22 heavy (non-hydrogen) atoms. The van der Waals surface area contributed by atoms with E-state index in [2.05, 4.69) is 5.10 Å². The minimum Gasteiger partial charge on any atom is -0.497 e. The first-order valence-corrected chi connectivity index (χ1v) is 6.99. The van der Waals surface area contributed by atoms with E-state index in [9.17, 15) is 9.59 Å². The van der Waals surface area contributed by atoms with E-state index in [1.54, 1.807) is 6.92 Å². The number of benzene rings is 1. The molecule has 0 bridgehead atoms. The predicted octanol–water partition coefficient (Wildman–Crippen LogP) is 2.22. The van der Waals surface area contributed by atoms with Gasteiger partial charge in [-0.25, -0.2) is 5.01 Å². The SMILES string of the molecule is CCOC(C)=C1C(=O)N(Cc2ccccc2)N=C1OC(C)=O. The van der Waals surface area contributed by atoms with Crippen molar-refractivity contribution in [2.24, 2.45) is 5.10 Å². The molecule has 0 atom stereocenters.